The van der Waals surface area contributed by atoms with E-state index in [2.05, 4.69) is 26.5 Å². The van der Waals surface area contributed by atoms with Gasteiger partial charge in [-0.2, -0.15) is 5.10 Å². The molecule has 4 nitrogen and oxygen atoms in total. The highest BCUT2D eigenvalue weighted by atomic mass is 79.9. The first-order chi connectivity index (χ1) is 10.6. The third-order valence-electron chi connectivity index (χ3n) is 2.57. The summed E-state index contributed by atoms with van der Waals surface area (Å²) in [7, 11) is 0. The number of nitrogens with one attached hydrogen (secondary N) is 1. The molecule has 0 aliphatic rings. The summed E-state index contributed by atoms with van der Waals surface area (Å²) >= 11 is 3.28. The zero-order valence-corrected chi connectivity index (χ0v) is 12.8. The van der Waals surface area contributed by atoms with Gasteiger partial charge in [0, 0.05) is 4.47 Å². The van der Waals surface area contributed by atoms with E-state index >= 15 is 0 Å². The van der Waals surface area contributed by atoms with Crippen LogP contribution in [0.15, 0.2) is 52.0 Å². The number of benzene rings is 2. The minimum Gasteiger partial charge on any atom is -0.484 e. The molecule has 2 aromatic carbocycles. The van der Waals surface area contributed by atoms with Crippen molar-refractivity contribution in [1.82, 2.24) is 5.43 Å². The quantitative estimate of drug-likeness (QED) is 0.650. The molecular formula is C15H11BrF2N2O2. The number of halogens is 3. The number of ether oxygens (including phenoxy) is 1. The van der Waals surface area contributed by atoms with Crippen LogP contribution in [0.2, 0.25) is 0 Å². The number of carbonyl (C=O) groups is 1. The van der Waals surface area contributed by atoms with Crippen LogP contribution in [-0.4, -0.2) is 18.7 Å². The van der Waals surface area contributed by atoms with Crippen LogP contribution in [-0.2, 0) is 4.79 Å². The normalized spacial score (nSPS) is 10.7. The second-order valence-corrected chi connectivity index (χ2v) is 5.09. The van der Waals surface area contributed by atoms with Crippen molar-refractivity contribution >= 4 is 28.1 Å². The van der Waals surface area contributed by atoms with Crippen molar-refractivity contribution in [2.75, 3.05) is 6.61 Å². The van der Waals surface area contributed by atoms with Gasteiger partial charge in [-0.3, -0.25) is 4.79 Å². The molecule has 0 bridgehead atoms. The fraction of sp³-hybridized carbons (Fsp3) is 0.0667. The predicted octanol–water partition coefficient (Wildman–Crippen LogP) is 3.26. The summed E-state index contributed by atoms with van der Waals surface area (Å²) < 4.78 is 32.7. The summed E-state index contributed by atoms with van der Waals surface area (Å²) in [6, 6.07) is 10.4. The third-order valence-corrected chi connectivity index (χ3v) is 3.09. The lowest BCUT2D eigenvalue weighted by molar-refractivity contribution is -0.123. The lowest BCUT2D eigenvalue weighted by Gasteiger charge is -2.04. The predicted molar refractivity (Wildman–Crippen MR) is 81.7 cm³/mol. The largest absolute Gasteiger partial charge is 0.484 e. The Morgan fingerprint density at radius 2 is 1.82 bits per heavy atom. The first-order valence-electron chi connectivity index (χ1n) is 6.20. The second-order valence-electron chi connectivity index (χ2n) is 4.17. The highest BCUT2D eigenvalue weighted by Crippen LogP contribution is 2.15. The van der Waals surface area contributed by atoms with Gasteiger partial charge in [0.2, 0.25) is 0 Å². The van der Waals surface area contributed by atoms with Gasteiger partial charge in [0.1, 0.15) is 17.4 Å². The molecule has 0 heterocycles. The molecule has 7 heteroatoms. The molecule has 0 aliphatic heterocycles. The monoisotopic (exact) mass is 368 g/mol. The Morgan fingerprint density at radius 3 is 2.45 bits per heavy atom. The van der Waals surface area contributed by atoms with Crippen LogP contribution in [0, 0.1) is 11.6 Å². The van der Waals surface area contributed by atoms with Crippen molar-refractivity contribution < 1.29 is 18.3 Å². The smallest absolute Gasteiger partial charge is 0.277 e. The Labute approximate surface area is 133 Å². The highest BCUT2D eigenvalue weighted by molar-refractivity contribution is 9.10. The van der Waals surface area contributed by atoms with E-state index in [0.29, 0.717) is 5.75 Å². The van der Waals surface area contributed by atoms with Crippen molar-refractivity contribution in [2.24, 2.45) is 5.10 Å². The maximum Gasteiger partial charge on any atom is 0.277 e. The second kappa shape index (κ2) is 7.65. The number of hydrogen-bond acceptors (Lipinski definition) is 3. The highest BCUT2D eigenvalue weighted by Gasteiger charge is 2.06. The minimum absolute atomic E-state index is 0.265. The molecule has 0 saturated carbocycles. The van der Waals surface area contributed by atoms with Gasteiger partial charge < -0.3 is 4.74 Å². The molecule has 1 N–H and O–H groups in total. The lowest BCUT2D eigenvalue weighted by Crippen LogP contribution is -2.24. The van der Waals surface area contributed by atoms with Crippen molar-refractivity contribution in [3.63, 3.8) is 0 Å². The molecule has 22 heavy (non-hydrogen) atoms. The van der Waals surface area contributed by atoms with Crippen LogP contribution in [0.4, 0.5) is 8.78 Å². The Balaban J connectivity index is 1.85. The Morgan fingerprint density at radius 1 is 1.18 bits per heavy atom. The topological polar surface area (TPSA) is 50.7 Å². The molecule has 0 saturated heterocycles. The number of carbonyl (C=O) groups excluding carboxylic acids is 1. The summed E-state index contributed by atoms with van der Waals surface area (Å²) in [4.78, 5) is 11.5. The van der Waals surface area contributed by atoms with Crippen LogP contribution in [0.1, 0.15) is 5.56 Å². The Kier molecular flexibility index (Phi) is 5.60. The van der Waals surface area contributed by atoms with E-state index < -0.39 is 17.5 Å². The van der Waals surface area contributed by atoms with E-state index in [1.165, 1.54) is 6.07 Å². The van der Waals surface area contributed by atoms with Crippen LogP contribution in [0.3, 0.4) is 0 Å². The molecule has 0 atom stereocenters. The Bertz CT molecular complexity index is 670. The van der Waals surface area contributed by atoms with Gasteiger partial charge in [0.15, 0.2) is 6.61 Å². The van der Waals surface area contributed by atoms with E-state index in [4.69, 9.17) is 4.74 Å². The van der Waals surface area contributed by atoms with E-state index in [9.17, 15) is 13.6 Å². The van der Waals surface area contributed by atoms with Crippen molar-refractivity contribution in [3.05, 3.63) is 64.1 Å². The average molecular weight is 369 g/mol. The molecule has 2 rings (SSSR count). The van der Waals surface area contributed by atoms with Gasteiger partial charge in [-0.05, 0) is 36.4 Å². The van der Waals surface area contributed by atoms with E-state index in [1.807, 2.05) is 0 Å². The van der Waals surface area contributed by atoms with E-state index in [-0.39, 0.29) is 12.2 Å². The SMILES string of the molecule is O=C(COc1ccc(Br)cc1)N/N=C\c1c(F)cccc1F. The summed E-state index contributed by atoms with van der Waals surface area (Å²) in [6.07, 6.45) is 0.905. The van der Waals surface area contributed by atoms with Crippen LogP contribution < -0.4 is 10.2 Å². The molecule has 0 unspecified atom stereocenters. The molecule has 0 spiro atoms. The molecule has 114 valence electrons. The minimum atomic E-state index is -0.760. The number of amides is 1. The third kappa shape index (κ3) is 4.63. The number of nitrogens with zero attached hydrogens (tertiary/aromatic N) is 1. The fourth-order valence-electron chi connectivity index (χ4n) is 1.51. The zero-order valence-electron chi connectivity index (χ0n) is 11.2. The number of hydrazone groups is 1. The molecule has 2 aromatic rings. The van der Waals surface area contributed by atoms with Gasteiger partial charge in [-0.15, -0.1) is 0 Å². The van der Waals surface area contributed by atoms with Gasteiger partial charge >= 0.3 is 0 Å². The van der Waals surface area contributed by atoms with Gasteiger partial charge in [0.05, 0.1) is 11.8 Å². The first kappa shape index (κ1) is 16.1. The Hall–Kier alpha value is -2.28. The maximum absolute atomic E-state index is 13.3. The lowest BCUT2D eigenvalue weighted by atomic mass is 10.2. The molecule has 0 aliphatic carbocycles. The summed E-state index contributed by atoms with van der Waals surface area (Å²) in [5.74, 6) is -1.55. The molecule has 0 radical (unpaired) electrons. The van der Waals surface area contributed by atoms with Crippen LogP contribution in [0.5, 0.6) is 5.75 Å². The van der Waals surface area contributed by atoms with Crippen molar-refractivity contribution in [2.45, 2.75) is 0 Å². The van der Waals surface area contributed by atoms with Crippen LogP contribution in [0.25, 0.3) is 0 Å². The summed E-state index contributed by atoms with van der Waals surface area (Å²) in [5, 5.41) is 3.50. The van der Waals surface area contributed by atoms with Crippen molar-refractivity contribution in [1.29, 1.82) is 0 Å². The van der Waals surface area contributed by atoms with Gasteiger partial charge in [0.25, 0.3) is 5.91 Å². The first-order valence-corrected chi connectivity index (χ1v) is 7.00. The van der Waals surface area contributed by atoms with E-state index in [1.54, 1.807) is 24.3 Å². The standard InChI is InChI=1S/C15H11BrF2N2O2/c16-10-4-6-11(7-5-10)22-9-15(21)20-19-8-12-13(17)2-1-3-14(12)18/h1-8H,9H2,(H,20,21)/b19-8-. The number of hydrogen-bond donors (Lipinski definition) is 1. The fourth-order valence-corrected chi connectivity index (χ4v) is 1.78. The average Bonchev–Trinajstić information content (AvgIpc) is 2.50. The van der Waals surface area contributed by atoms with Gasteiger partial charge in [-0.1, -0.05) is 22.0 Å². The zero-order chi connectivity index (χ0) is 15.9. The summed E-state index contributed by atoms with van der Waals surface area (Å²) in [5.41, 5.74) is 1.81. The van der Waals surface area contributed by atoms with Crippen LogP contribution >= 0.6 is 15.9 Å². The molecule has 0 fully saturated rings. The molecule has 1 amide bonds. The van der Waals surface area contributed by atoms with E-state index in [0.717, 1.165) is 22.8 Å². The maximum atomic E-state index is 13.3. The van der Waals surface area contributed by atoms with Gasteiger partial charge in [-0.25, -0.2) is 14.2 Å². The van der Waals surface area contributed by atoms with Crippen molar-refractivity contribution in [3.8, 4) is 5.75 Å². The molecular weight excluding hydrogens is 358 g/mol. The number of rotatable bonds is 5. The molecule has 0 aromatic heterocycles. The summed E-state index contributed by atoms with van der Waals surface area (Å²) in [6.45, 7) is -0.265.